The van der Waals surface area contributed by atoms with Crippen LogP contribution in [0.5, 0.6) is 0 Å². The summed E-state index contributed by atoms with van der Waals surface area (Å²) >= 11 is 0. The van der Waals surface area contributed by atoms with Gasteiger partial charge in [0.15, 0.2) is 0 Å². The zero-order chi connectivity index (χ0) is 21.3. The molecule has 6 unspecified atom stereocenters. The molecule has 3 fully saturated rings. The molecule has 6 atom stereocenters. The largest absolute Gasteiger partial charge is 0.465 e. The molecule has 1 saturated carbocycles. The van der Waals surface area contributed by atoms with E-state index in [1.165, 1.54) is 0 Å². The predicted molar refractivity (Wildman–Crippen MR) is 113 cm³/mol. The van der Waals surface area contributed by atoms with E-state index in [1.807, 2.05) is 0 Å². The second-order valence-electron chi connectivity index (χ2n) is 9.13. The molecule has 0 aromatic heterocycles. The maximum Gasteiger partial charge on any atom is 0.308 e. The third kappa shape index (κ3) is 7.52. The first-order chi connectivity index (χ1) is 14.6. The summed E-state index contributed by atoms with van der Waals surface area (Å²) < 4.78 is 22.0. The summed E-state index contributed by atoms with van der Waals surface area (Å²) in [5, 5.41) is 0. The van der Waals surface area contributed by atoms with E-state index in [4.69, 9.17) is 18.9 Å². The van der Waals surface area contributed by atoms with Crippen molar-refractivity contribution in [2.24, 2.45) is 11.8 Å². The van der Waals surface area contributed by atoms with Crippen molar-refractivity contribution in [1.29, 1.82) is 0 Å². The fourth-order valence-corrected chi connectivity index (χ4v) is 4.68. The predicted octanol–water partition coefficient (Wildman–Crippen LogP) is 4.57. The van der Waals surface area contributed by atoms with E-state index >= 15 is 0 Å². The molecule has 0 radical (unpaired) electrons. The average Bonchev–Trinajstić information content (AvgIpc) is 3.68. The molecule has 3 rings (SSSR count). The number of esters is 2. The minimum absolute atomic E-state index is 0.142. The van der Waals surface area contributed by atoms with Gasteiger partial charge in [0, 0.05) is 0 Å². The average molecular weight is 425 g/mol. The van der Waals surface area contributed by atoms with Crippen molar-refractivity contribution in [2.45, 2.75) is 115 Å². The topological polar surface area (TPSA) is 77.7 Å². The highest BCUT2D eigenvalue weighted by atomic mass is 16.6. The summed E-state index contributed by atoms with van der Waals surface area (Å²) in [5.41, 5.74) is 0. The summed E-state index contributed by atoms with van der Waals surface area (Å²) in [6, 6.07) is 0. The second kappa shape index (κ2) is 12.0. The molecule has 2 saturated heterocycles. The van der Waals surface area contributed by atoms with E-state index in [0.29, 0.717) is 44.1 Å². The van der Waals surface area contributed by atoms with Crippen LogP contribution in [0.4, 0.5) is 0 Å². The monoisotopic (exact) mass is 424 g/mol. The first kappa shape index (κ1) is 23.5. The molecule has 1 aliphatic carbocycles. The SMILES string of the molecule is CCC1OC1CCCCOC(=O)C1CCCC(C(=O)OCCCCC2OC2CC)C1. The number of ether oxygens (including phenoxy) is 4. The minimum atomic E-state index is -0.162. The maximum absolute atomic E-state index is 12.4. The van der Waals surface area contributed by atoms with Crippen LogP contribution in [0.25, 0.3) is 0 Å². The zero-order valence-corrected chi connectivity index (χ0v) is 18.8. The maximum atomic E-state index is 12.4. The molecule has 0 amide bonds. The smallest absolute Gasteiger partial charge is 0.308 e. The Kier molecular flexibility index (Phi) is 9.44. The quantitative estimate of drug-likeness (QED) is 0.231. The van der Waals surface area contributed by atoms with Crippen LogP contribution in [0.2, 0.25) is 0 Å². The normalized spacial score (nSPS) is 32.5. The van der Waals surface area contributed by atoms with Crippen molar-refractivity contribution in [3.05, 3.63) is 0 Å². The number of hydrogen-bond acceptors (Lipinski definition) is 6. The first-order valence-electron chi connectivity index (χ1n) is 12.3. The lowest BCUT2D eigenvalue weighted by Crippen LogP contribution is -2.30. The summed E-state index contributed by atoms with van der Waals surface area (Å²) in [5.74, 6) is -0.607. The van der Waals surface area contributed by atoms with Crippen LogP contribution in [0, 0.1) is 11.8 Å². The van der Waals surface area contributed by atoms with Crippen molar-refractivity contribution in [3.8, 4) is 0 Å². The van der Waals surface area contributed by atoms with E-state index in [0.717, 1.165) is 70.6 Å². The van der Waals surface area contributed by atoms with Crippen molar-refractivity contribution < 1.29 is 28.5 Å². The van der Waals surface area contributed by atoms with Gasteiger partial charge >= 0.3 is 11.9 Å². The third-order valence-electron chi connectivity index (χ3n) is 6.78. The van der Waals surface area contributed by atoms with Gasteiger partial charge in [-0.15, -0.1) is 0 Å². The fraction of sp³-hybridized carbons (Fsp3) is 0.917. The van der Waals surface area contributed by atoms with E-state index < -0.39 is 0 Å². The number of carbonyl (C=O) groups is 2. The number of rotatable bonds is 14. The Morgan fingerprint density at radius 3 is 1.60 bits per heavy atom. The Morgan fingerprint density at radius 2 is 1.20 bits per heavy atom. The van der Waals surface area contributed by atoms with Gasteiger partial charge in [-0.2, -0.15) is 0 Å². The highest BCUT2D eigenvalue weighted by Crippen LogP contribution is 2.32. The van der Waals surface area contributed by atoms with E-state index in [1.54, 1.807) is 0 Å². The van der Waals surface area contributed by atoms with Crippen molar-refractivity contribution in [3.63, 3.8) is 0 Å². The Balaban J connectivity index is 1.22. The molecule has 172 valence electrons. The van der Waals surface area contributed by atoms with Gasteiger partial charge in [0.25, 0.3) is 0 Å². The fourth-order valence-electron chi connectivity index (χ4n) is 4.68. The van der Waals surface area contributed by atoms with Gasteiger partial charge < -0.3 is 18.9 Å². The molecule has 6 nitrogen and oxygen atoms in total. The molecule has 6 heteroatoms. The highest BCUT2D eigenvalue weighted by Gasteiger charge is 2.37. The summed E-state index contributed by atoms with van der Waals surface area (Å²) in [4.78, 5) is 24.8. The third-order valence-corrected chi connectivity index (χ3v) is 6.78. The number of carbonyl (C=O) groups excluding carboxylic acids is 2. The van der Waals surface area contributed by atoms with Gasteiger partial charge in [-0.05, 0) is 70.6 Å². The molecule has 0 spiro atoms. The van der Waals surface area contributed by atoms with E-state index in [-0.39, 0.29) is 23.8 Å². The number of epoxide rings is 2. The van der Waals surface area contributed by atoms with Crippen molar-refractivity contribution in [2.75, 3.05) is 13.2 Å². The van der Waals surface area contributed by atoms with Crippen LogP contribution in [0.1, 0.15) is 90.9 Å². The number of hydrogen-bond donors (Lipinski definition) is 0. The van der Waals surface area contributed by atoms with Gasteiger partial charge in [0.05, 0.1) is 49.5 Å². The standard InChI is InChI=1S/C24H40O6/c1-3-19-21(29-19)12-5-7-14-27-23(25)17-10-9-11-18(16-17)24(26)28-15-8-6-13-22-20(4-2)30-22/h17-22H,3-16H2,1-2H3. The van der Waals surface area contributed by atoms with Crippen LogP contribution in [-0.4, -0.2) is 49.6 Å². The van der Waals surface area contributed by atoms with Gasteiger partial charge in [-0.1, -0.05) is 20.3 Å². The van der Waals surface area contributed by atoms with Crippen molar-refractivity contribution in [1.82, 2.24) is 0 Å². The van der Waals surface area contributed by atoms with E-state index in [2.05, 4.69) is 13.8 Å². The minimum Gasteiger partial charge on any atom is -0.465 e. The molecule has 2 aliphatic heterocycles. The molecule has 0 aromatic rings. The van der Waals surface area contributed by atoms with Crippen LogP contribution in [0.3, 0.4) is 0 Å². The van der Waals surface area contributed by atoms with Gasteiger partial charge in [0.2, 0.25) is 0 Å². The van der Waals surface area contributed by atoms with Gasteiger partial charge in [-0.25, -0.2) is 0 Å². The summed E-state index contributed by atoms with van der Waals surface area (Å²) in [6.45, 7) is 5.23. The van der Waals surface area contributed by atoms with E-state index in [9.17, 15) is 9.59 Å². The van der Waals surface area contributed by atoms with Gasteiger partial charge in [-0.3, -0.25) is 9.59 Å². The van der Waals surface area contributed by atoms with Crippen LogP contribution in [-0.2, 0) is 28.5 Å². The lowest BCUT2D eigenvalue weighted by molar-refractivity contribution is -0.155. The Morgan fingerprint density at radius 1 is 0.733 bits per heavy atom. The molecular weight excluding hydrogens is 384 g/mol. The second-order valence-corrected chi connectivity index (χ2v) is 9.13. The first-order valence-corrected chi connectivity index (χ1v) is 12.3. The lowest BCUT2D eigenvalue weighted by Gasteiger charge is -2.26. The van der Waals surface area contributed by atoms with Gasteiger partial charge in [0.1, 0.15) is 0 Å². The number of unbranched alkanes of at least 4 members (excludes halogenated alkanes) is 2. The molecular formula is C24H40O6. The molecule has 0 aromatic carbocycles. The Labute approximate surface area is 181 Å². The van der Waals surface area contributed by atoms with Crippen LogP contribution in [0.15, 0.2) is 0 Å². The Hall–Kier alpha value is -1.14. The molecule has 3 aliphatic rings. The summed E-state index contributed by atoms with van der Waals surface area (Å²) in [7, 11) is 0. The van der Waals surface area contributed by atoms with Crippen LogP contribution >= 0.6 is 0 Å². The Bertz CT molecular complexity index is 504. The molecule has 0 N–H and O–H groups in total. The zero-order valence-electron chi connectivity index (χ0n) is 18.8. The molecule has 30 heavy (non-hydrogen) atoms. The van der Waals surface area contributed by atoms with Crippen LogP contribution < -0.4 is 0 Å². The highest BCUT2D eigenvalue weighted by molar-refractivity contribution is 5.76. The molecule has 2 heterocycles. The summed E-state index contributed by atoms with van der Waals surface area (Å²) in [6.07, 6.45) is 12.9. The van der Waals surface area contributed by atoms with Crippen molar-refractivity contribution >= 4 is 11.9 Å². The molecule has 0 bridgehead atoms. The lowest BCUT2D eigenvalue weighted by atomic mass is 9.81.